The van der Waals surface area contributed by atoms with Gasteiger partial charge in [0.25, 0.3) is 0 Å². The van der Waals surface area contributed by atoms with E-state index in [1.807, 2.05) is 0 Å². The minimum absolute atomic E-state index is 0.0122. The second-order valence-electron chi connectivity index (χ2n) is 6.22. The lowest BCUT2D eigenvalue weighted by atomic mass is 10.0. The molecule has 5 nitrogen and oxygen atoms in total. The third-order valence-corrected chi connectivity index (χ3v) is 5.26. The van der Waals surface area contributed by atoms with Gasteiger partial charge in [0.15, 0.2) is 5.82 Å². The summed E-state index contributed by atoms with van der Waals surface area (Å²) < 4.78 is 51.6. The fraction of sp³-hybridized carbons (Fsp3) is 0.158. The molecule has 0 aliphatic rings. The molecule has 0 spiro atoms. The Hall–Kier alpha value is -2.81. The van der Waals surface area contributed by atoms with Crippen molar-refractivity contribution in [2.45, 2.75) is 6.92 Å². The second kappa shape index (κ2) is 6.66. The molecule has 0 radical (unpaired) electrons. The summed E-state index contributed by atoms with van der Waals surface area (Å²) in [6.07, 6.45) is 1.47. The van der Waals surface area contributed by atoms with Gasteiger partial charge < -0.3 is 4.74 Å². The van der Waals surface area contributed by atoms with Crippen LogP contribution in [0.25, 0.3) is 28.0 Å². The summed E-state index contributed by atoms with van der Waals surface area (Å²) in [5, 5.41) is 4.34. The van der Waals surface area contributed by atoms with E-state index in [1.165, 1.54) is 30.3 Å². The molecular formula is C19H14BrF3N4O. The molecule has 144 valence electrons. The number of hydrogen-bond donors (Lipinski definition) is 0. The molecule has 0 amide bonds. The average Bonchev–Trinajstić information content (AvgIpc) is 3.18. The van der Waals surface area contributed by atoms with Crippen molar-refractivity contribution in [2.75, 3.05) is 7.11 Å². The Bertz CT molecular complexity index is 1230. The minimum Gasteiger partial charge on any atom is -0.495 e. The van der Waals surface area contributed by atoms with Crippen LogP contribution in [0.3, 0.4) is 0 Å². The summed E-state index contributed by atoms with van der Waals surface area (Å²) in [5.41, 5.74) is 1.46. The van der Waals surface area contributed by atoms with Crippen molar-refractivity contribution >= 4 is 27.0 Å². The van der Waals surface area contributed by atoms with Crippen LogP contribution < -0.4 is 4.74 Å². The number of rotatable bonds is 3. The van der Waals surface area contributed by atoms with Crippen molar-refractivity contribution in [2.24, 2.45) is 7.05 Å². The molecule has 2 aromatic carbocycles. The van der Waals surface area contributed by atoms with Crippen molar-refractivity contribution in [3.05, 3.63) is 58.2 Å². The predicted octanol–water partition coefficient (Wildman–Crippen LogP) is 4.92. The van der Waals surface area contributed by atoms with Gasteiger partial charge in [0.05, 0.1) is 39.4 Å². The molecule has 0 unspecified atom stereocenters. The number of aromatic nitrogens is 4. The number of benzene rings is 2. The first-order chi connectivity index (χ1) is 13.3. The second-order valence-corrected chi connectivity index (χ2v) is 7.01. The molecule has 0 bridgehead atoms. The first-order valence-corrected chi connectivity index (χ1v) is 9.01. The fourth-order valence-corrected chi connectivity index (χ4v) is 3.80. The number of halogens is 4. The fourth-order valence-electron chi connectivity index (χ4n) is 3.32. The monoisotopic (exact) mass is 450 g/mol. The molecule has 0 fully saturated rings. The van der Waals surface area contributed by atoms with E-state index in [0.29, 0.717) is 22.5 Å². The highest BCUT2D eigenvalue weighted by Gasteiger charge is 2.27. The topological polar surface area (TPSA) is 44.9 Å². The van der Waals surface area contributed by atoms with Gasteiger partial charge in [0.2, 0.25) is 0 Å². The zero-order valence-corrected chi connectivity index (χ0v) is 16.7. The van der Waals surface area contributed by atoms with Crippen LogP contribution in [-0.2, 0) is 7.05 Å². The number of hydrogen-bond acceptors (Lipinski definition) is 3. The van der Waals surface area contributed by atoms with Gasteiger partial charge in [-0.1, -0.05) is 0 Å². The molecule has 0 atom stereocenters. The van der Waals surface area contributed by atoms with E-state index < -0.39 is 17.5 Å². The SMILES string of the molecule is COc1cc(F)c(-c2c(C)nn(C)c2-n2cnc3cc(F)ccc32)c(F)c1Br. The number of nitrogens with zero attached hydrogens (tertiary/aromatic N) is 4. The molecule has 0 saturated heterocycles. The van der Waals surface area contributed by atoms with Gasteiger partial charge in [-0.2, -0.15) is 5.10 Å². The van der Waals surface area contributed by atoms with E-state index in [9.17, 15) is 8.78 Å². The molecule has 2 heterocycles. The van der Waals surface area contributed by atoms with Gasteiger partial charge in [-0.25, -0.2) is 18.2 Å². The van der Waals surface area contributed by atoms with E-state index in [2.05, 4.69) is 26.0 Å². The lowest BCUT2D eigenvalue weighted by Gasteiger charge is -2.13. The zero-order valence-electron chi connectivity index (χ0n) is 15.1. The Balaban J connectivity index is 2.05. The first kappa shape index (κ1) is 18.5. The van der Waals surface area contributed by atoms with Crippen LogP contribution in [0.15, 0.2) is 35.1 Å². The van der Waals surface area contributed by atoms with Crippen molar-refractivity contribution in [1.82, 2.24) is 19.3 Å². The summed E-state index contributed by atoms with van der Waals surface area (Å²) in [5.74, 6) is -1.56. The van der Waals surface area contributed by atoms with Crippen LogP contribution in [-0.4, -0.2) is 26.4 Å². The molecule has 0 aliphatic heterocycles. The van der Waals surface area contributed by atoms with Crippen molar-refractivity contribution < 1.29 is 17.9 Å². The molecule has 0 saturated carbocycles. The molecule has 9 heteroatoms. The standard InChI is InChI=1S/C19H14BrF3N4O/c1-9-15(16-11(22)7-14(28-3)17(20)18(16)23)19(26(2)25-9)27-8-24-12-6-10(21)4-5-13(12)27/h4-8H,1-3H3. The van der Waals surface area contributed by atoms with Gasteiger partial charge in [0, 0.05) is 19.2 Å². The predicted molar refractivity (Wildman–Crippen MR) is 102 cm³/mol. The lowest BCUT2D eigenvalue weighted by molar-refractivity contribution is 0.403. The van der Waals surface area contributed by atoms with Gasteiger partial charge >= 0.3 is 0 Å². The third-order valence-electron chi connectivity index (χ3n) is 4.52. The minimum atomic E-state index is -0.801. The average molecular weight is 451 g/mol. The van der Waals surface area contributed by atoms with Crippen molar-refractivity contribution in [3.8, 4) is 22.7 Å². The first-order valence-electron chi connectivity index (χ1n) is 8.22. The largest absolute Gasteiger partial charge is 0.495 e. The number of ether oxygens (including phenoxy) is 1. The number of fused-ring (bicyclic) bond motifs is 1. The van der Waals surface area contributed by atoms with Crippen LogP contribution in [0.2, 0.25) is 0 Å². The molecule has 0 aliphatic carbocycles. The highest BCUT2D eigenvalue weighted by Crippen LogP contribution is 2.41. The molecule has 4 rings (SSSR count). The van der Waals surface area contributed by atoms with E-state index >= 15 is 4.39 Å². The van der Waals surface area contributed by atoms with Crippen LogP contribution in [0, 0.1) is 24.4 Å². The molecule has 4 aromatic rings. The van der Waals surface area contributed by atoms with Crippen LogP contribution >= 0.6 is 15.9 Å². The normalized spacial score (nSPS) is 11.4. The number of imidazole rings is 1. The molecule has 0 N–H and O–H groups in total. The van der Waals surface area contributed by atoms with Crippen LogP contribution in [0.5, 0.6) is 5.75 Å². The van der Waals surface area contributed by atoms with E-state index in [-0.39, 0.29) is 21.3 Å². The zero-order chi connectivity index (χ0) is 20.2. The third kappa shape index (κ3) is 2.69. The van der Waals surface area contributed by atoms with E-state index in [0.717, 1.165) is 6.07 Å². The van der Waals surface area contributed by atoms with Gasteiger partial charge in [-0.15, -0.1) is 0 Å². The molecular weight excluding hydrogens is 437 g/mol. The van der Waals surface area contributed by atoms with Crippen LogP contribution in [0.4, 0.5) is 13.2 Å². The summed E-state index contributed by atoms with van der Waals surface area (Å²) >= 11 is 3.12. The summed E-state index contributed by atoms with van der Waals surface area (Å²) in [4.78, 5) is 4.20. The van der Waals surface area contributed by atoms with Gasteiger partial charge in [-0.05, 0) is 35.0 Å². The van der Waals surface area contributed by atoms with Crippen molar-refractivity contribution in [3.63, 3.8) is 0 Å². The lowest BCUT2D eigenvalue weighted by Crippen LogP contribution is -2.04. The Kier molecular flexibility index (Phi) is 4.41. The Morgan fingerprint density at radius 3 is 2.57 bits per heavy atom. The summed E-state index contributed by atoms with van der Waals surface area (Å²) in [6, 6.07) is 5.26. The van der Waals surface area contributed by atoms with Gasteiger partial charge in [0.1, 0.15) is 29.5 Å². The number of methoxy groups -OCH3 is 1. The molecule has 2 aromatic heterocycles. The highest BCUT2D eigenvalue weighted by molar-refractivity contribution is 9.10. The van der Waals surface area contributed by atoms with Crippen LogP contribution in [0.1, 0.15) is 5.69 Å². The quantitative estimate of drug-likeness (QED) is 0.416. The highest BCUT2D eigenvalue weighted by atomic mass is 79.9. The molecule has 28 heavy (non-hydrogen) atoms. The van der Waals surface area contributed by atoms with Crippen molar-refractivity contribution in [1.29, 1.82) is 0 Å². The number of aryl methyl sites for hydroxylation is 2. The maximum Gasteiger partial charge on any atom is 0.152 e. The van der Waals surface area contributed by atoms with E-state index in [4.69, 9.17) is 4.74 Å². The maximum atomic E-state index is 15.1. The summed E-state index contributed by atoms with van der Waals surface area (Å²) in [6.45, 7) is 1.66. The van der Waals surface area contributed by atoms with E-state index in [1.54, 1.807) is 24.6 Å². The summed E-state index contributed by atoms with van der Waals surface area (Å²) in [7, 11) is 2.99. The maximum absolute atomic E-state index is 15.1. The Morgan fingerprint density at radius 2 is 1.86 bits per heavy atom. The van der Waals surface area contributed by atoms with Gasteiger partial charge in [-0.3, -0.25) is 9.25 Å². The Labute approximate surface area is 166 Å². The smallest absolute Gasteiger partial charge is 0.152 e. The Morgan fingerprint density at radius 1 is 1.11 bits per heavy atom.